The third kappa shape index (κ3) is 1.01. The summed E-state index contributed by atoms with van der Waals surface area (Å²) in [6.45, 7) is 1.99. The molecule has 0 radical (unpaired) electrons. The Kier molecular flexibility index (Phi) is 1.38. The number of hydrogen-bond acceptors (Lipinski definition) is 3. The molecule has 9 heavy (non-hydrogen) atoms. The van der Waals surface area contributed by atoms with Gasteiger partial charge in [0.05, 0.1) is 0 Å². The van der Waals surface area contributed by atoms with Crippen molar-refractivity contribution in [3.8, 4) is 0 Å². The molecule has 1 rings (SSSR count). The average Bonchev–Trinajstić information content (AvgIpc) is 2.13. The molecule has 0 atom stereocenters. The second-order valence-corrected chi connectivity index (χ2v) is 1.86. The summed E-state index contributed by atoms with van der Waals surface area (Å²) in [5, 5.41) is 4.01. The van der Waals surface area contributed by atoms with E-state index in [-0.39, 0.29) is 0 Å². The molecule has 0 saturated heterocycles. The topological polar surface area (TPSA) is 56.7 Å². The molecule has 1 heterocycles. The smallest absolute Gasteiger partial charge is 0.218 e. The number of nitrogens with zero attached hydrogens (tertiary/aromatic N) is 3. The molecule has 0 aliphatic carbocycles. The summed E-state index contributed by atoms with van der Waals surface area (Å²) in [7, 11) is 1.78. The third-order valence-electron chi connectivity index (χ3n) is 1.16. The van der Waals surface area contributed by atoms with Crippen LogP contribution in [0.15, 0.2) is 0 Å². The van der Waals surface area contributed by atoms with Crippen molar-refractivity contribution in [1.82, 2.24) is 14.8 Å². The Morgan fingerprint density at radius 1 is 1.67 bits per heavy atom. The number of nitrogen functional groups attached to an aromatic ring is 1. The van der Waals surface area contributed by atoms with Crippen molar-refractivity contribution >= 4 is 5.95 Å². The van der Waals surface area contributed by atoms with Crippen LogP contribution in [0.5, 0.6) is 0 Å². The first-order chi connectivity index (χ1) is 4.24. The highest BCUT2D eigenvalue weighted by Gasteiger charge is 1.98. The fourth-order valence-electron chi connectivity index (χ4n) is 0.601. The summed E-state index contributed by atoms with van der Waals surface area (Å²) < 4.78 is 1.57. The fourth-order valence-corrected chi connectivity index (χ4v) is 0.601. The van der Waals surface area contributed by atoms with Crippen molar-refractivity contribution < 1.29 is 0 Å². The molecular weight excluding hydrogens is 116 g/mol. The highest BCUT2D eigenvalue weighted by atomic mass is 15.4. The predicted molar refractivity (Wildman–Crippen MR) is 34.8 cm³/mol. The van der Waals surface area contributed by atoms with Crippen molar-refractivity contribution in [3.63, 3.8) is 0 Å². The van der Waals surface area contributed by atoms with E-state index in [9.17, 15) is 0 Å². The van der Waals surface area contributed by atoms with Crippen LogP contribution < -0.4 is 5.73 Å². The first kappa shape index (κ1) is 6.07. The zero-order valence-corrected chi connectivity index (χ0v) is 5.63. The van der Waals surface area contributed by atoms with Gasteiger partial charge in [-0.15, -0.1) is 0 Å². The average molecular weight is 126 g/mol. The van der Waals surface area contributed by atoms with Gasteiger partial charge in [-0.2, -0.15) is 10.1 Å². The Hall–Kier alpha value is -1.06. The van der Waals surface area contributed by atoms with E-state index in [2.05, 4.69) is 10.1 Å². The molecule has 1 aromatic rings. The van der Waals surface area contributed by atoms with Crippen LogP contribution in [0.25, 0.3) is 0 Å². The minimum absolute atomic E-state index is 0.479. The highest BCUT2D eigenvalue weighted by molar-refractivity contribution is 5.14. The molecule has 0 aliphatic rings. The predicted octanol–water partition coefficient (Wildman–Crippen LogP) is -0.0403. The second kappa shape index (κ2) is 2.05. The minimum Gasteiger partial charge on any atom is -0.368 e. The molecule has 4 nitrogen and oxygen atoms in total. The van der Waals surface area contributed by atoms with Crippen LogP contribution in [0.4, 0.5) is 5.95 Å². The van der Waals surface area contributed by atoms with Gasteiger partial charge in [-0.05, 0) is 0 Å². The standard InChI is InChI=1S/C5H10N4/c1-3-4-7-5(6)9(2)8-4/h3H2,1-2H3,(H2,6,7,8). The zero-order valence-electron chi connectivity index (χ0n) is 5.63. The Labute approximate surface area is 53.7 Å². The van der Waals surface area contributed by atoms with Gasteiger partial charge in [-0.25, -0.2) is 4.68 Å². The molecular formula is C5H10N4. The summed E-state index contributed by atoms with van der Waals surface area (Å²) in [5.41, 5.74) is 5.41. The van der Waals surface area contributed by atoms with E-state index in [1.807, 2.05) is 6.92 Å². The summed E-state index contributed by atoms with van der Waals surface area (Å²) >= 11 is 0. The minimum atomic E-state index is 0.479. The van der Waals surface area contributed by atoms with Crippen LogP contribution in [-0.4, -0.2) is 14.8 Å². The molecule has 0 aliphatic heterocycles. The summed E-state index contributed by atoms with van der Waals surface area (Å²) in [6, 6.07) is 0. The lowest BCUT2D eigenvalue weighted by molar-refractivity contribution is 0.755. The molecule has 0 spiro atoms. The summed E-state index contributed by atoms with van der Waals surface area (Å²) in [4.78, 5) is 3.96. The summed E-state index contributed by atoms with van der Waals surface area (Å²) in [6.07, 6.45) is 0.838. The number of hydrogen-bond donors (Lipinski definition) is 1. The van der Waals surface area contributed by atoms with Crippen LogP contribution in [0.3, 0.4) is 0 Å². The maximum absolute atomic E-state index is 5.41. The van der Waals surface area contributed by atoms with Crippen molar-refractivity contribution in [3.05, 3.63) is 5.82 Å². The van der Waals surface area contributed by atoms with Gasteiger partial charge >= 0.3 is 0 Å². The van der Waals surface area contributed by atoms with E-state index in [0.29, 0.717) is 5.95 Å². The van der Waals surface area contributed by atoms with Gasteiger partial charge in [0, 0.05) is 13.5 Å². The van der Waals surface area contributed by atoms with Crippen LogP contribution in [0.2, 0.25) is 0 Å². The molecule has 50 valence electrons. The molecule has 4 heteroatoms. The Morgan fingerprint density at radius 2 is 2.33 bits per heavy atom. The molecule has 0 aromatic carbocycles. The fraction of sp³-hybridized carbons (Fsp3) is 0.600. The number of aromatic nitrogens is 3. The highest BCUT2D eigenvalue weighted by Crippen LogP contribution is 1.96. The maximum Gasteiger partial charge on any atom is 0.218 e. The van der Waals surface area contributed by atoms with E-state index < -0.39 is 0 Å². The quantitative estimate of drug-likeness (QED) is 0.574. The van der Waals surface area contributed by atoms with E-state index in [4.69, 9.17) is 5.73 Å². The Balaban J connectivity index is 2.98. The van der Waals surface area contributed by atoms with E-state index in [0.717, 1.165) is 12.2 Å². The number of nitrogens with two attached hydrogens (primary N) is 1. The lowest BCUT2D eigenvalue weighted by Crippen LogP contribution is -1.97. The van der Waals surface area contributed by atoms with Gasteiger partial charge in [-0.3, -0.25) is 0 Å². The van der Waals surface area contributed by atoms with Gasteiger partial charge in [0.15, 0.2) is 5.82 Å². The summed E-state index contributed by atoms with van der Waals surface area (Å²) in [5.74, 6) is 1.28. The monoisotopic (exact) mass is 126 g/mol. The van der Waals surface area contributed by atoms with E-state index in [1.165, 1.54) is 0 Å². The van der Waals surface area contributed by atoms with Gasteiger partial charge in [0.1, 0.15) is 0 Å². The largest absolute Gasteiger partial charge is 0.368 e. The van der Waals surface area contributed by atoms with Crippen LogP contribution in [0, 0.1) is 0 Å². The van der Waals surface area contributed by atoms with Gasteiger partial charge in [-0.1, -0.05) is 6.92 Å². The lowest BCUT2D eigenvalue weighted by atomic mass is 10.5. The van der Waals surface area contributed by atoms with Crippen molar-refractivity contribution in [2.24, 2.45) is 7.05 Å². The zero-order chi connectivity index (χ0) is 6.85. The van der Waals surface area contributed by atoms with Crippen molar-refractivity contribution in [2.45, 2.75) is 13.3 Å². The van der Waals surface area contributed by atoms with Gasteiger partial charge in [0.25, 0.3) is 0 Å². The second-order valence-electron chi connectivity index (χ2n) is 1.86. The normalized spacial score (nSPS) is 10.0. The van der Waals surface area contributed by atoms with Crippen molar-refractivity contribution in [1.29, 1.82) is 0 Å². The van der Waals surface area contributed by atoms with Crippen LogP contribution >= 0.6 is 0 Å². The maximum atomic E-state index is 5.41. The Morgan fingerprint density at radius 3 is 2.56 bits per heavy atom. The van der Waals surface area contributed by atoms with Crippen LogP contribution in [-0.2, 0) is 13.5 Å². The van der Waals surface area contributed by atoms with Crippen LogP contribution in [0.1, 0.15) is 12.7 Å². The molecule has 0 saturated carbocycles. The number of aryl methyl sites for hydroxylation is 2. The van der Waals surface area contributed by atoms with E-state index in [1.54, 1.807) is 11.7 Å². The first-order valence-electron chi connectivity index (χ1n) is 2.89. The third-order valence-corrected chi connectivity index (χ3v) is 1.16. The van der Waals surface area contributed by atoms with Gasteiger partial charge in [0.2, 0.25) is 5.95 Å². The van der Waals surface area contributed by atoms with Crippen molar-refractivity contribution in [2.75, 3.05) is 5.73 Å². The van der Waals surface area contributed by atoms with Gasteiger partial charge < -0.3 is 5.73 Å². The first-order valence-corrected chi connectivity index (χ1v) is 2.89. The number of rotatable bonds is 1. The molecule has 0 fully saturated rings. The lowest BCUT2D eigenvalue weighted by Gasteiger charge is -1.85. The number of anilines is 1. The molecule has 2 N–H and O–H groups in total. The Bertz CT molecular complexity index is 183. The molecule has 1 aromatic heterocycles. The molecule has 0 amide bonds. The SMILES string of the molecule is CCc1nc(N)n(C)n1. The van der Waals surface area contributed by atoms with E-state index >= 15 is 0 Å². The molecule has 0 unspecified atom stereocenters. The molecule has 0 bridgehead atoms.